The van der Waals surface area contributed by atoms with Crippen LogP contribution < -0.4 is 0 Å². The highest BCUT2D eigenvalue weighted by Crippen LogP contribution is 2.23. The van der Waals surface area contributed by atoms with E-state index in [1.807, 2.05) is 11.8 Å². The van der Waals surface area contributed by atoms with Gasteiger partial charge in [-0.1, -0.05) is 0 Å². The van der Waals surface area contributed by atoms with Crippen LogP contribution in [0.3, 0.4) is 0 Å². The number of carbonyl (C=O) groups excluding carboxylic acids is 1. The second-order valence-corrected chi connectivity index (χ2v) is 6.10. The minimum absolute atomic E-state index is 0.260. The average molecular weight is 269 g/mol. The second kappa shape index (κ2) is 7.25. The van der Waals surface area contributed by atoms with Gasteiger partial charge in [0, 0.05) is 38.6 Å². The molecule has 1 N–H and O–H groups in total. The molecule has 2 aliphatic heterocycles. The van der Waals surface area contributed by atoms with Crippen LogP contribution >= 0.6 is 0 Å². The summed E-state index contributed by atoms with van der Waals surface area (Å²) in [5, 5.41) is 9.66. The molecule has 3 unspecified atom stereocenters. The number of aliphatic hydroxyl groups is 1. The maximum absolute atomic E-state index is 12.2. The number of hydrogen-bond donors (Lipinski definition) is 1. The lowest BCUT2D eigenvalue weighted by Gasteiger charge is -2.34. The zero-order valence-corrected chi connectivity index (χ0v) is 12.0. The predicted octanol–water partition coefficient (Wildman–Crippen LogP) is 1.81. The number of hydrogen-bond acceptors (Lipinski definition) is 3. The normalized spacial score (nSPS) is 30.1. The molecule has 3 atom stereocenters. The summed E-state index contributed by atoms with van der Waals surface area (Å²) in [5.41, 5.74) is 0. The van der Waals surface area contributed by atoms with Crippen molar-refractivity contribution in [2.24, 2.45) is 11.8 Å². The van der Waals surface area contributed by atoms with E-state index in [9.17, 15) is 9.90 Å². The Balaban J connectivity index is 1.72. The van der Waals surface area contributed by atoms with Crippen LogP contribution in [0.25, 0.3) is 0 Å². The van der Waals surface area contributed by atoms with Crippen molar-refractivity contribution >= 4 is 5.91 Å². The van der Waals surface area contributed by atoms with Gasteiger partial charge in [0.2, 0.25) is 5.91 Å². The van der Waals surface area contributed by atoms with Crippen molar-refractivity contribution < 1.29 is 14.6 Å². The van der Waals surface area contributed by atoms with Crippen molar-refractivity contribution in [3.05, 3.63) is 0 Å². The van der Waals surface area contributed by atoms with Crippen molar-refractivity contribution in [1.29, 1.82) is 0 Å². The first-order chi connectivity index (χ1) is 9.16. The van der Waals surface area contributed by atoms with E-state index in [0.29, 0.717) is 12.3 Å². The van der Waals surface area contributed by atoms with Crippen molar-refractivity contribution in [2.45, 2.75) is 51.6 Å². The number of carbonyl (C=O) groups is 1. The number of aliphatic hydroxyl groups excluding tert-OH is 1. The zero-order valence-electron chi connectivity index (χ0n) is 12.0. The van der Waals surface area contributed by atoms with E-state index < -0.39 is 0 Å². The van der Waals surface area contributed by atoms with E-state index in [-0.39, 0.29) is 17.9 Å². The summed E-state index contributed by atoms with van der Waals surface area (Å²) >= 11 is 0. The van der Waals surface area contributed by atoms with Crippen molar-refractivity contribution in [3.63, 3.8) is 0 Å². The molecule has 2 aliphatic rings. The van der Waals surface area contributed by atoms with Crippen molar-refractivity contribution in [2.75, 3.05) is 26.3 Å². The number of ether oxygens (including phenoxy) is 1. The Bertz CT molecular complexity index is 287. The maximum atomic E-state index is 12.2. The van der Waals surface area contributed by atoms with Crippen LogP contribution in [0, 0.1) is 11.8 Å². The molecule has 2 fully saturated rings. The first-order valence-corrected chi connectivity index (χ1v) is 7.70. The van der Waals surface area contributed by atoms with E-state index in [1.54, 1.807) is 0 Å². The molecule has 2 rings (SSSR count). The van der Waals surface area contributed by atoms with Crippen molar-refractivity contribution in [1.82, 2.24) is 4.90 Å². The Kier molecular flexibility index (Phi) is 5.64. The maximum Gasteiger partial charge on any atom is 0.222 e. The van der Waals surface area contributed by atoms with E-state index >= 15 is 0 Å². The van der Waals surface area contributed by atoms with E-state index in [1.165, 1.54) is 6.42 Å². The topological polar surface area (TPSA) is 49.8 Å². The van der Waals surface area contributed by atoms with E-state index in [2.05, 4.69) is 0 Å². The molecule has 1 amide bonds. The van der Waals surface area contributed by atoms with Crippen LogP contribution in [-0.4, -0.2) is 48.3 Å². The van der Waals surface area contributed by atoms with E-state index in [4.69, 9.17) is 4.74 Å². The summed E-state index contributed by atoms with van der Waals surface area (Å²) in [6.45, 7) is 5.13. The third-order valence-corrected chi connectivity index (χ3v) is 4.51. The van der Waals surface area contributed by atoms with Crippen LogP contribution in [0.4, 0.5) is 0 Å². The molecule has 0 spiro atoms. The van der Waals surface area contributed by atoms with Crippen LogP contribution in [0.2, 0.25) is 0 Å². The number of piperidine rings is 1. The molecule has 0 radical (unpaired) electrons. The number of amides is 1. The Hall–Kier alpha value is -0.610. The lowest BCUT2D eigenvalue weighted by molar-refractivity contribution is -0.134. The monoisotopic (exact) mass is 269 g/mol. The van der Waals surface area contributed by atoms with Crippen molar-refractivity contribution in [3.8, 4) is 0 Å². The summed E-state index contributed by atoms with van der Waals surface area (Å²) in [6, 6.07) is 0. The molecule has 0 aromatic carbocycles. The highest BCUT2D eigenvalue weighted by Gasteiger charge is 2.26. The third kappa shape index (κ3) is 4.46. The van der Waals surface area contributed by atoms with Crippen LogP contribution in [0.5, 0.6) is 0 Å². The minimum atomic E-state index is -0.303. The van der Waals surface area contributed by atoms with Gasteiger partial charge in [-0.3, -0.25) is 4.79 Å². The summed E-state index contributed by atoms with van der Waals surface area (Å²) in [7, 11) is 0. The molecule has 0 bridgehead atoms. The Morgan fingerprint density at radius 2 is 2.26 bits per heavy atom. The summed E-state index contributed by atoms with van der Waals surface area (Å²) in [6.07, 6.45) is 5.68. The van der Waals surface area contributed by atoms with Gasteiger partial charge in [-0.15, -0.1) is 0 Å². The Labute approximate surface area is 116 Å². The van der Waals surface area contributed by atoms with Crippen LogP contribution in [-0.2, 0) is 9.53 Å². The number of rotatable bonds is 4. The molecule has 2 heterocycles. The van der Waals surface area contributed by atoms with Gasteiger partial charge in [0.15, 0.2) is 0 Å². The Morgan fingerprint density at radius 3 is 2.95 bits per heavy atom. The highest BCUT2D eigenvalue weighted by atomic mass is 16.5. The highest BCUT2D eigenvalue weighted by molar-refractivity contribution is 5.76. The molecule has 110 valence electrons. The van der Waals surface area contributed by atoms with Crippen LogP contribution in [0.15, 0.2) is 0 Å². The third-order valence-electron chi connectivity index (χ3n) is 4.51. The van der Waals surface area contributed by atoms with Gasteiger partial charge in [0.1, 0.15) is 0 Å². The molecular weight excluding hydrogens is 242 g/mol. The van der Waals surface area contributed by atoms with Gasteiger partial charge >= 0.3 is 0 Å². The molecule has 0 aliphatic carbocycles. The summed E-state index contributed by atoms with van der Waals surface area (Å²) in [5.74, 6) is 1.08. The fraction of sp³-hybridized carbons (Fsp3) is 0.933. The smallest absolute Gasteiger partial charge is 0.222 e. The number of nitrogens with zero attached hydrogens (tertiary/aromatic N) is 1. The molecule has 4 heteroatoms. The van der Waals surface area contributed by atoms with Gasteiger partial charge in [-0.2, -0.15) is 0 Å². The second-order valence-electron chi connectivity index (χ2n) is 6.10. The largest absolute Gasteiger partial charge is 0.393 e. The van der Waals surface area contributed by atoms with Gasteiger partial charge in [-0.05, 0) is 44.9 Å². The first kappa shape index (κ1) is 14.8. The fourth-order valence-electron chi connectivity index (χ4n) is 3.15. The van der Waals surface area contributed by atoms with Gasteiger partial charge in [-0.25, -0.2) is 0 Å². The average Bonchev–Trinajstić information content (AvgIpc) is 2.46. The molecule has 4 nitrogen and oxygen atoms in total. The van der Waals surface area contributed by atoms with Gasteiger partial charge in [0.25, 0.3) is 0 Å². The van der Waals surface area contributed by atoms with Crippen LogP contribution in [0.1, 0.15) is 45.4 Å². The minimum Gasteiger partial charge on any atom is -0.393 e. The first-order valence-electron chi connectivity index (χ1n) is 7.70. The molecule has 19 heavy (non-hydrogen) atoms. The lowest BCUT2D eigenvalue weighted by Crippen LogP contribution is -2.43. The Morgan fingerprint density at radius 1 is 1.42 bits per heavy atom. The molecule has 2 saturated heterocycles. The summed E-state index contributed by atoms with van der Waals surface area (Å²) in [4.78, 5) is 14.2. The predicted molar refractivity (Wildman–Crippen MR) is 73.8 cm³/mol. The number of likely N-dealkylation sites (tertiary alicyclic amines) is 1. The molecule has 0 aromatic rings. The summed E-state index contributed by atoms with van der Waals surface area (Å²) < 4.78 is 5.45. The van der Waals surface area contributed by atoms with Gasteiger partial charge in [0.05, 0.1) is 6.10 Å². The quantitative estimate of drug-likeness (QED) is 0.847. The fourth-order valence-corrected chi connectivity index (χ4v) is 3.15. The SMILES string of the molecule is CC(O)C1CCCN(C(=O)CCC2CCCOC2)C1. The van der Waals surface area contributed by atoms with E-state index in [0.717, 1.165) is 52.0 Å². The standard InChI is InChI=1S/C15H27NO3/c1-12(17)14-5-2-8-16(10-14)15(18)7-6-13-4-3-9-19-11-13/h12-14,17H,2-11H2,1H3. The lowest BCUT2D eigenvalue weighted by atomic mass is 9.92. The molecule has 0 aromatic heterocycles. The van der Waals surface area contributed by atoms with Gasteiger partial charge < -0.3 is 14.7 Å². The molecule has 0 saturated carbocycles. The molecular formula is C15H27NO3. The zero-order chi connectivity index (χ0) is 13.7.